The number of nitrogens with one attached hydrogen (secondary N) is 2. The molecule has 6 nitrogen and oxygen atoms in total. The summed E-state index contributed by atoms with van der Waals surface area (Å²) in [5.74, 6) is -0.558. The molecule has 1 atom stereocenters. The number of hydrogen-bond donors (Lipinski definition) is 2. The van der Waals surface area contributed by atoms with Crippen molar-refractivity contribution in [3.05, 3.63) is 125 Å². The molecule has 0 aliphatic rings. The lowest BCUT2D eigenvalue weighted by atomic mass is 10.1. The highest BCUT2D eigenvalue weighted by atomic mass is 32.2. The number of anilines is 2. The molecule has 4 aromatic carbocycles. The van der Waals surface area contributed by atoms with Crippen molar-refractivity contribution in [2.75, 3.05) is 17.7 Å². The Kier molecular flexibility index (Phi) is 8.53. The van der Waals surface area contributed by atoms with Crippen LogP contribution in [0.4, 0.5) is 15.2 Å². The molecule has 1 unspecified atom stereocenters. The Labute approximate surface area is 239 Å². The maximum absolute atomic E-state index is 13.9. The number of carbonyl (C=O) groups is 2. The number of carbonyl (C=O) groups excluding carboxylic acids is 2. The highest BCUT2D eigenvalue weighted by molar-refractivity contribution is 8.00. The maximum atomic E-state index is 13.9. The molecule has 0 saturated heterocycles. The lowest BCUT2D eigenvalue weighted by Crippen LogP contribution is -2.19. The second-order valence-electron chi connectivity index (χ2n) is 8.62. The van der Waals surface area contributed by atoms with E-state index in [9.17, 15) is 14.0 Å². The SMILES string of the molecule is COc1ccc(-c2csc(NC(=O)C(Sc3ccc(NC(=O)c4ccccc4F)cc3)c3ccccc3)n2)cc1. The van der Waals surface area contributed by atoms with E-state index in [4.69, 9.17) is 4.74 Å². The van der Waals surface area contributed by atoms with Crippen molar-refractivity contribution in [1.29, 1.82) is 0 Å². The number of benzene rings is 4. The largest absolute Gasteiger partial charge is 0.497 e. The number of thiazole rings is 1. The normalized spacial score (nSPS) is 11.4. The van der Waals surface area contributed by atoms with Crippen LogP contribution in [0.3, 0.4) is 0 Å². The van der Waals surface area contributed by atoms with Crippen molar-refractivity contribution in [1.82, 2.24) is 4.98 Å². The van der Waals surface area contributed by atoms with Gasteiger partial charge < -0.3 is 15.4 Å². The van der Waals surface area contributed by atoms with E-state index in [0.717, 1.165) is 27.5 Å². The minimum Gasteiger partial charge on any atom is -0.497 e. The third kappa shape index (κ3) is 6.56. The Morgan fingerprint density at radius 3 is 2.27 bits per heavy atom. The molecule has 200 valence electrons. The smallest absolute Gasteiger partial charge is 0.258 e. The minimum absolute atomic E-state index is 0.0286. The van der Waals surface area contributed by atoms with E-state index in [0.29, 0.717) is 10.8 Å². The van der Waals surface area contributed by atoms with E-state index in [1.165, 1.54) is 41.3 Å². The molecule has 5 rings (SSSR count). The van der Waals surface area contributed by atoms with E-state index < -0.39 is 17.0 Å². The average molecular weight is 570 g/mol. The highest BCUT2D eigenvalue weighted by Crippen LogP contribution is 2.37. The van der Waals surface area contributed by atoms with Crippen molar-refractivity contribution in [3.63, 3.8) is 0 Å². The van der Waals surface area contributed by atoms with Gasteiger partial charge in [-0.1, -0.05) is 42.5 Å². The molecule has 0 radical (unpaired) electrons. The van der Waals surface area contributed by atoms with E-state index in [2.05, 4.69) is 15.6 Å². The third-order valence-electron chi connectivity index (χ3n) is 5.95. The highest BCUT2D eigenvalue weighted by Gasteiger charge is 2.23. The molecule has 40 heavy (non-hydrogen) atoms. The topological polar surface area (TPSA) is 80.3 Å². The third-order valence-corrected chi connectivity index (χ3v) is 7.97. The first-order chi connectivity index (χ1) is 19.5. The Balaban J connectivity index is 1.29. The number of amides is 2. The van der Waals surface area contributed by atoms with Crippen LogP contribution >= 0.6 is 23.1 Å². The molecule has 0 saturated carbocycles. The van der Waals surface area contributed by atoms with E-state index in [1.807, 2.05) is 72.1 Å². The van der Waals surface area contributed by atoms with Gasteiger partial charge in [-0.2, -0.15) is 0 Å². The van der Waals surface area contributed by atoms with Gasteiger partial charge in [-0.15, -0.1) is 23.1 Å². The van der Waals surface area contributed by atoms with Gasteiger partial charge in [-0.05, 0) is 66.2 Å². The van der Waals surface area contributed by atoms with Gasteiger partial charge in [0.1, 0.15) is 16.8 Å². The molecule has 9 heteroatoms. The summed E-state index contributed by atoms with van der Waals surface area (Å²) in [7, 11) is 1.62. The summed E-state index contributed by atoms with van der Waals surface area (Å²) >= 11 is 2.74. The summed E-state index contributed by atoms with van der Waals surface area (Å²) in [5.41, 5.74) is 3.02. The second kappa shape index (κ2) is 12.6. The number of thioether (sulfide) groups is 1. The molecule has 0 fully saturated rings. The van der Waals surface area contributed by atoms with Gasteiger partial charge >= 0.3 is 0 Å². The summed E-state index contributed by atoms with van der Waals surface area (Å²) in [6.07, 6.45) is 0. The summed E-state index contributed by atoms with van der Waals surface area (Å²) in [6.45, 7) is 0. The average Bonchev–Trinajstić information content (AvgIpc) is 3.45. The summed E-state index contributed by atoms with van der Waals surface area (Å²) in [4.78, 5) is 31.3. The Bertz CT molecular complexity index is 1610. The monoisotopic (exact) mass is 569 g/mol. The van der Waals surface area contributed by atoms with Gasteiger partial charge in [-0.25, -0.2) is 9.37 Å². The van der Waals surface area contributed by atoms with Crippen LogP contribution in [-0.4, -0.2) is 23.9 Å². The van der Waals surface area contributed by atoms with Crippen LogP contribution in [0.15, 0.2) is 113 Å². The molecule has 2 amide bonds. The number of halogens is 1. The molecule has 1 aromatic heterocycles. The molecule has 5 aromatic rings. The number of hydrogen-bond acceptors (Lipinski definition) is 6. The molecule has 0 aliphatic heterocycles. The second-order valence-corrected chi connectivity index (χ2v) is 10.7. The Morgan fingerprint density at radius 2 is 1.57 bits per heavy atom. The van der Waals surface area contributed by atoms with Crippen LogP contribution < -0.4 is 15.4 Å². The van der Waals surface area contributed by atoms with E-state index in [1.54, 1.807) is 25.3 Å². The van der Waals surface area contributed by atoms with Crippen molar-refractivity contribution in [3.8, 4) is 17.0 Å². The zero-order valence-electron chi connectivity index (χ0n) is 21.3. The molecule has 2 N–H and O–H groups in total. The predicted octanol–water partition coefficient (Wildman–Crippen LogP) is 7.68. The number of ether oxygens (including phenoxy) is 1. The minimum atomic E-state index is -0.583. The molecule has 0 spiro atoms. The predicted molar refractivity (Wildman–Crippen MR) is 159 cm³/mol. The van der Waals surface area contributed by atoms with Gasteiger partial charge in [0.15, 0.2) is 5.13 Å². The zero-order valence-corrected chi connectivity index (χ0v) is 23.0. The van der Waals surface area contributed by atoms with Crippen LogP contribution in [0.1, 0.15) is 21.2 Å². The fraction of sp³-hybridized carbons (Fsp3) is 0.0645. The van der Waals surface area contributed by atoms with Crippen LogP contribution in [-0.2, 0) is 4.79 Å². The van der Waals surface area contributed by atoms with Crippen molar-refractivity contribution >= 4 is 45.7 Å². The summed E-state index contributed by atoms with van der Waals surface area (Å²) in [5, 5.41) is 7.53. The zero-order chi connectivity index (χ0) is 27.9. The Hall–Kier alpha value is -4.47. The summed E-state index contributed by atoms with van der Waals surface area (Å²) in [6, 6.07) is 30.0. The number of aromatic nitrogens is 1. The Morgan fingerprint density at radius 1 is 0.875 bits per heavy atom. The number of nitrogens with zero attached hydrogens (tertiary/aromatic N) is 1. The van der Waals surface area contributed by atoms with Crippen molar-refractivity contribution in [2.24, 2.45) is 0 Å². The van der Waals surface area contributed by atoms with E-state index in [-0.39, 0.29) is 11.5 Å². The fourth-order valence-corrected chi connectivity index (χ4v) is 5.64. The first kappa shape index (κ1) is 27.1. The van der Waals surface area contributed by atoms with Crippen LogP contribution in [0.2, 0.25) is 0 Å². The van der Waals surface area contributed by atoms with Gasteiger partial charge in [0.2, 0.25) is 5.91 Å². The van der Waals surface area contributed by atoms with Gasteiger partial charge in [0.05, 0.1) is 18.4 Å². The lowest BCUT2D eigenvalue weighted by Gasteiger charge is -2.16. The van der Waals surface area contributed by atoms with E-state index >= 15 is 0 Å². The standard InChI is InChI=1S/C31H24FN3O3S2/c1-38-23-15-11-20(12-16-23)27-19-39-31(34-27)35-30(37)28(21-7-3-2-4-8-21)40-24-17-13-22(14-18-24)33-29(36)25-9-5-6-10-26(25)32/h2-19,28H,1H3,(H,33,36)(H,34,35,37). The number of rotatable bonds is 9. The molecular weight excluding hydrogens is 545 g/mol. The van der Waals surface area contributed by atoms with Crippen molar-refractivity contribution < 1.29 is 18.7 Å². The van der Waals surface area contributed by atoms with Gasteiger partial charge in [0, 0.05) is 21.5 Å². The van der Waals surface area contributed by atoms with Gasteiger partial charge in [0.25, 0.3) is 5.91 Å². The first-order valence-electron chi connectivity index (χ1n) is 12.3. The fourth-order valence-electron chi connectivity index (χ4n) is 3.89. The maximum Gasteiger partial charge on any atom is 0.258 e. The van der Waals surface area contributed by atoms with Gasteiger partial charge in [-0.3, -0.25) is 9.59 Å². The molecule has 1 heterocycles. The van der Waals surface area contributed by atoms with Crippen LogP contribution in [0.5, 0.6) is 5.75 Å². The first-order valence-corrected chi connectivity index (χ1v) is 14.0. The summed E-state index contributed by atoms with van der Waals surface area (Å²) < 4.78 is 19.2. The molecule has 0 bridgehead atoms. The lowest BCUT2D eigenvalue weighted by molar-refractivity contribution is -0.115. The van der Waals surface area contributed by atoms with Crippen LogP contribution in [0, 0.1) is 5.82 Å². The van der Waals surface area contributed by atoms with Crippen molar-refractivity contribution in [2.45, 2.75) is 10.1 Å². The molecular formula is C31H24FN3O3S2. The molecule has 0 aliphatic carbocycles. The quantitative estimate of drug-likeness (QED) is 0.178. The van der Waals surface area contributed by atoms with Crippen LogP contribution in [0.25, 0.3) is 11.3 Å². The number of methoxy groups -OCH3 is 1.